The van der Waals surface area contributed by atoms with E-state index in [1.807, 2.05) is 36.1 Å². The monoisotopic (exact) mass is 336 g/mol. The number of piperidine rings is 1. The van der Waals surface area contributed by atoms with Crippen LogP contribution in [0, 0.1) is 0 Å². The highest BCUT2D eigenvalue weighted by Gasteiger charge is 2.26. The van der Waals surface area contributed by atoms with Gasteiger partial charge in [-0.15, -0.1) is 0 Å². The topological polar surface area (TPSA) is 43.2 Å². The van der Waals surface area contributed by atoms with E-state index in [4.69, 9.17) is 9.84 Å². The van der Waals surface area contributed by atoms with E-state index >= 15 is 0 Å². The Balaban J connectivity index is 1.56. The van der Waals surface area contributed by atoms with Crippen molar-refractivity contribution in [2.24, 2.45) is 7.05 Å². The van der Waals surface area contributed by atoms with Gasteiger partial charge in [0.1, 0.15) is 5.75 Å². The number of likely N-dealkylation sites (tertiary alicyclic amines) is 1. The molecule has 0 N–H and O–H groups in total. The van der Waals surface area contributed by atoms with Crippen molar-refractivity contribution < 1.29 is 4.74 Å². The molecule has 3 heterocycles. The van der Waals surface area contributed by atoms with E-state index in [0.29, 0.717) is 5.92 Å². The minimum Gasteiger partial charge on any atom is -0.496 e. The Morgan fingerprint density at radius 2 is 2.08 bits per heavy atom. The van der Waals surface area contributed by atoms with Gasteiger partial charge in [-0.1, -0.05) is 18.2 Å². The van der Waals surface area contributed by atoms with Gasteiger partial charge in [-0.05, 0) is 37.6 Å². The molecule has 0 bridgehead atoms. The number of nitrogens with zero attached hydrogens (tertiary/aromatic N) is 4. The number of hydrogen-bond acceptors (Lipinski definition) is 4. The van der Waals surface area contributed by atoms with Crippen molar-refractivity contribution in [3.8, 4) is 5.75 Å². The Hall–Kier alpha value is -2.40. The Bertz CT molecular complexity index is 873. The fraction of sp³-hybridized carbons (Fsp3) is 0.400. The smallest absolute Gasteiger partial charge is 0.157 e. The van der Waals surface area contributed by atoms with Gasteiger partial charge in [-0.2, -0.15) is 5.10 Å². The molecule has 0 unspecified atom stereocenters. The molecular formula is C20H24N4O. The van der Waals surface area contributed by atoms with Crippen molar-refractivity contribution in [2.75, 3.05) is 20.2 Å². The molecule has 130 valence electrons. The SMILES string of the molecule is COc1ccccc1CN1CCC[C@H](c2nn(C)c3ncccc23)C1. The molecule has 3 aromatic rings. The van der Waals surface area contributed by atoms with Crippen LogP contribution in [0.15, 0.2) is 42.6 Å². The summed E-state index contributed by atoms with van der Waals surface area (Å²) in [5, 5.41) is 5.98. The molecule has 0 aliphatic carbocycles. The highest BCUT2D eigenvalue weighted by Crippen LogP contribution is 2.32. The molecule has 5 heteroatoms. The Morgan fingerprint density at radius 3 is 2.96 bits per heavy atom. The summed E-state index contributed by atoms with van der Waals surface area (Å²) in [6.45, 7) is 3.07. The summed E-state index contributed by atoms with van der Waals surface area (Å²) in [5.41, 5.74) is 3.41. The second-order valence-corrected chi connectivity index (χ2v) is 6.77. The Kier molecular flexibility index (Phi) is 4.40. The van der Waals surface area contributed by atoms with Gasteiger partial charge in [-0.3, -0.25) is 9.58 Å². The van der Waals surface area contributed by atoms with Gasteiger partial charge in [0.15, 0.2) is 5.65 Å². The van der Waals surface area contributed by atoms with Crippen molar-refractivity contribution in [3.05, 3.63) is 53.9 Å². The molecule has 0 amide bonds. The van der Waals surface area contributed by atoms with Crippen LogP contribution in [0.2, 0.25) is 0 Å². The van der Waals surface area contributed by atoms with E-state index < -0.39 is 0 Å². The molecule has 0 radical (unpaired) electrons. The standard InChI is InChI=1S/C20H24N4O/c1-23-20-17(9-5-11-21-20)19(22-23)16-8-6-12-24(14-16)13-15-7-3-4-10-18(15)25-2/h3-5,7,9-11,16H,6,8,12-14H2,1-2H3/t16-/m0/s1. The molecule has 0 spiro atoms. The van der Waals surface area contributed by atoms with Gasteiger partial charge in [0, 0.05) is 43.2 Å². The number of fused-ring (bicyclic) bond motifs is 1. The predicted octanol–water partition coefficient (Wildman–Crippen LogP) is 3.36. The van der Waals surface area contributed by atoms with Gasteiger partial charge in [0.05, 0.1) is 12.8 Å². The molecule has 1 saturated heterocycles. The molecule has 2 aromatic heterocycles. The van der Waals surface area contributed by atoms with Crippen molar-refractivity contribution in [3.63, 3.8) is 0 Å². The average molecular weight is 336 g/mol. The lowest BCUT2D eigenvalue weighted by atomic mass is 9.93. The second-order valence-electron chi connectivity index (χ2n) is 6.77. The van der Waals surface area contributed by atoms with Crippen LogP contribution in [0.1, 0.15) is 30.0 Å². The minimum atomic E-state index is 0.455. The first-order valence-electron chi connectivity index (χ1n) is 8.88. The number of aryl methyl sites for hydroxylation is 1. The van der Waals surface area contributed by atoms with Crippen LogP contribution in [0.3, 0.4) is 0 Å². The number of rotatable bonds is 4. The van der Waals surface area contributed by atoms with Crippen molar-refractivity contribution in [1.29, 1.82) is 0 Å². The second kappa shape index (κ2) is 6.84. The first kappa shape index (κ1) is 16.1. The van der Waals surface area contributed by atoms with Crippen LogP contribution in [-0.2, 0) is 13.6 Å². The third kappa shape index (κ3) is 3.12. The fourth-order valence-corrected chi connectivity index (χ4v) is 3.92. The summed E-state index contributed by atoms with van der Waals surface area (Å²) in [7, 11) is 3.72. The number of hydrogen-bond donors (Lipinski definition) is 0. The van der Waals surface area contributed by atoms with Gasteiger partial charge >= 0.3 is 0 Å². The maximum Gasteiger partial charge on any atom is 0.157 e. The van der Waals surface area contributed by atoms with E-state index in [1.54, 1.807) is 7.11 Å². The molecule has 25 heavy (non-hydrogen) atoms. The molecule has 1 aromatic carbocycles. The highest BCUT2D eigenvalue weighted by atomic mass is 16.5. The van der Waals surface area contributed by atoms with Gasteiger partial charge in [0.2, 0.25) is 0 Å². The van der Waals surface area contributed by atoms with Crippen LogP contribution in [0.5, 0.6) is 5.75 Å². The third-order valence-corrected chi connectivity index (χ3v) is 5.11. The van der Waals surface area contributed by atoms with Crippen molar-refractivity contribution in [2.45, 2.75) is 25.3 Å². The summed E-state index contributed by atoms with van der Waals surface area (Å²) in [5.74, 6) is 1.42. The highest BCUT2D eigenvalue weighted by molar-refractivity contribution is 5.78. The first-order chi connectivity index (χ1) is 12.3. The average Bonchev–Trinajstić information content (AvgIpc) is 3.00. The van der Waals surface area contributed by atoms with Crippen LogP contribution in [0.4, 0.5) is 0 Å². The molecule has 1 atom stereocenters. The lowest BCUT2D eigenvalue weighted by molar-refractivity contribution is 0.196. The van der Waals surface area contributed by atoms with Crippen LogP contribution >= 0.6 is 0 Å². The molecular weight excluding hydrogens is 312 g/mol. The zero-order valence-electron chi connectivity index (χ0n) is 14.9. The van der Waals surface area contributed by atoms with Crippen LogP contribution in [0.25, 0.3) is 11.0 Å². The largest absolute Gasteiger partial charge is 0.496 e. The lowest BCUT2D eigenvalue weighted by Gasteiger charge is -2.32. The van der Waals surface area contributed by atoms with Gasteiger partial charge < -0.3 is 4.74 Å². The predicted molar refractivity (Wildman–Crippen MR) is 98.8 cm³/mol. The minimum absolute atomic E-state index is 0.455. The number of aromatic nitrogens is 3. The summed E-state index contributed by atoms with van der Waals surface area (Å²) in [6.07, 6.45) is 4.21. The van der Waals surface area contributed by atoms with Gasteiger partial charge in [-0.25, -0.2) is 4.98 Å². The van der Waals surface area contributed by atoms with E-state index in [9.17, 15) is 0 Å². The number of pyridine rings is 1. The summed E-state index contributed by atoms with van der Waals surface area (Å²) < 4.78 is 7.42. The number of benzene rings is 1. The Morgan fingerprint density at radius 1 is 1.20 bits per heavy atom. The molecule has 5 nitrogen and oxygen atoms in total. The molecule has 1 aliphatic heterocycles. The molecule has 1 fully saturated rings. The maximum atomic E-state index is 5.51. The van der Waals surface area contributed by atoms with Crippen molar-refractivity contribution in [1.82, 2.24) is 19.7 Å². The van der Waals surface area contributed by atoms with E-state index in [1.165, 1.54) is 29.5 Å². The zero-order chi connectivity index (χ0) is 17.2. The van der Waals surface area contributed by atoms with Gasteiger partial charge in [0.25, 0.3) is 0 Å². The number of ether oxygens (including phenoxy) is 1. The first-order valence-corrected chi connectivity index (χ1v) is 8.88. The Labute approximate surface area is 148 Å². The quantitative estimate of drug-likeness (QED) is 0.733. The van der Waals surface area contributed by atoms with E-state index in [-0.39, 0.29) is 0 Å². The van der Waals surface area contributed by atoms with Crippen molar-refractivity contribution >= 4 is 11.0 Å². The molecule has 4 rings (SSSR count). The zero-order valence-corrected chi connectivity index (χ0v) is 14.9. The van der Waals surface area contributed by atoms with E-state index in [2.05, 4.69) is 28.1 Å². The molecule has 0 saturated carbocycles. The fourth-order valence-electron chi connectivity index (χ4n) is 3.92. The van der Waals surface area contributed by atoms with E-state index in [0.717, 1.165) is 31.0 Å². The molecule has 1 aliphatic rings. The number of methoxy groups -OCH3 is 1. The number of para-hydroxylation sites is 1. The summed E-state index contributed by atoms with van der Waals surface area (Å²) in [4.78, 5) is 6.99. The normalized spacial score (nSPS) is 18.6. The lowest BCUT2D eigenvalue weighted by Crippen LogP contribution is -2.34. The van der Waals surface area contributed by atoms with Crippen LogP contribution < -0.4 is 4.74 Å². The third-order valence-electron chi connectivity index (χ3n) is 5.11. The summed E-state index contributed by atoms with van der Waals surface area (Å²) in [6, 6.07) is 12.4. The van der Waals surface area contributed by atoms with Crippen LogP contribution in [-0.4, -0.2) is 39.9 Å². The maximum absolute atomic E-state index is 5.51. The summed E-state index contributed by atoms with van der Waals surface area (Å²) >= 11 is 0.